The van der Waals surface area contributed by atoms with Crippen LogP contribution in [0.1, 0.15) is 58.8 Å². The number of rotatable bonds is 3. The van der Waals surface area contributed by atoms with E-state index in [1.807, 2.05) is 0 Å². The average molecular weight is 252 g/mol. The molecule has 0 bridgehead atoms. The maximum Gasteiger partial charge on any atom is 0.0146 e. The highest BCUT2D eigenvalue weighted by atomic mass is 15.2. The van der Waals surface area contributed by atoms with Crippen LogP contribution in [-0.4, -0.2) is 30.6 Å². The van der Waals surface area contributed by atoms with Crippen LogP contribution in [0.15, 0.2) is 0 Å². The maximum absolute atomic E-state index is 6.00. The molecule has 18 heavy (non-hydrogen) atoms. The third-order valence-corrected chi connectivity index (χ3v) is 5.65. The molecule has 0 aromatic heterocycles. The molecule has 2 nitrogen and oxygen atoms in total. The molecule has 2 aliphatic carbocycles. The van der Waals surface area contributed by atoms with E-state index in [9.17, 15) is 0 Å². The zero-order valence-electron chi connectivity index (χ0n) is 12.6. The molecule has 0 spiro atoms. The Balaban J connectivity index is 2.05. The minimum atomic E-state index is 0.741. The topological polar surface area (TPSA) is 29.3 Å². The molecular weight excluding hydrogens is 220 g/mol. The molecule has 2 aliphatic rings. The lowest BCUT2D eigenvalue weighted by Gasteiger charge is -2.47. The number of nitrogens with two attached hydrogens (primary N) is 1. The minimum Gasteiger partial charge on any atom is -0.330 e. The van der Waals surface area contributed by atoms with Crippen molar-refractivity contribution in [1.82, 2.24) is 4.90 Å². The van der Waals surface area contributed by atoms with Crippen molar-refractivity contribution in [2.45, 2.75) is 70.9 Å². The van der Waals surface area contributed by atoms with Gasteiger partial charge < -0.3 is 5.73 Å². The standard InChI is InChI=1S/C16H32N2/c1-12-7-6-8-13(2)16(12)18(3)15-10-5-4-9-14(15)11-17/h12-16H,4-11,17H2,1-3H3. The van der Waals surface area contributed by atoms with Gasteiger partial charge in [0.15, 0.2) is 0 Å². The SMILES string of the molecule is CC1CCCC(C)C1N(C)C1CCCCC1CN. The van der Waals surface area contributed by atoms with Gasteiger partial charge in [0.05, 0.1) is 0 Å². The van der Waals surface area contributed by atoms with Gasteiger partial charge in [0.1, 0.15) is 0 Å². The summed E-state index contributed by atoms with van der Waals surface area (Å²) in [5.74, 6) is 2.46. The molecule has 0 amide bonds. The molecule has 0 saturated heterocycles. The Hall–Kier alpha value is -0.0800. The summed E-state index contributed by atoms with van der Waals surface area (Å²) < 4.78 is 0. The summed E-state index contributed by atoms with van der Waals surface area (Å²) in [5, 5.41) is 0. The normalized spacial score (nSPS) is 42.2. The van der Waals surface area contributed by atoms with Gasteiger partial charge in [0, 0.05) is 12.1 Å². The monoisotopic (exact) mass is 252 g/mol. The van der Waals surface area contributed by atoms with Crippen molar-refractivity contribution >= 4 is 0 Å². The van der Waals surface area contributed by atoms with Crippen LogP contribution < -0.4 is 5.73 Å². The quantitative estimate of drug-likeness (QED) is 0.835. The number of hydrogen-bond donors (Lipinski definition) is 1. The molecule has 0 heterocycles. The summed E-state index contributed by atoms with van der Waals surface area (Å²) in [4.78, 5) is 2.73. The molecule has 2 N–H and O–H groups in total. The maximum atomic E-state index is 6.00. The van der Waals surface area contributed by atoms with Crippen LogP contribution in [0.4, 0.5) is 0 Å². The van der Waals surface area contributed by atoms with Crippen molar-refractivity contribution < 1.29 is 0 Å². The Kier molecular flexibility index (Phi) is 5.08. The molecule has 0 aliphatic heterocycles. The van der Waals surface area contributed by atoms with E-state index in [-0.39, 0.29) is 0 Å². The molecule has 0 aromatic carbocycles. The summed E-state index contributed by atoms with van der Waals surface area (Å²) in [5.41, 5.74) is 6.00. The predicted octanol–water partition coefficient (Wildman–Crippen LogP) is 3.26. The van der Waals surface area contributed by atoms with E-state index in [1.165, 1.54) is 44.9 Å². The molecule has 106 valence electrons. The third kappa shape index (κ3) is 2.91. The lowest BCUT2D eigenvalue weighted by atomic mass is 9.75. The number of nitrogens with zero attached hydrogens (tertiary/aromatic N) is 1. The second kappa shape index (κ2) is 6.38. The highest BCUT2D eigenvalue weighted by molar-refractivity contribution is 4.91. The summed E-state index contributed by atoms with van der Waals surface area (Å²) in [7, 11) is 2.38. The Bertz CT molecular complexity index is 243. The van der Waals surface area contributed by atoms with Gasteiger partial charge in [-0.2, -0.15) is 0 Å². The van der Waals surface area contributed by atoms with Crippen molar-refractivity contribution in [2.75, 3.05) is 13.6 Å². The van der Waals surface area contributed by atoms with Gasteiger partial charge in [-0.05, 0) is 57.0 Å². The predicted molar refractivity (Wildman–Crippen MR) is 78.5 cm³/mol. The average Bonchev–Trinajstić information content (AvgIpc) is 2.38. The fraction of sp³-hybridized carbons (Fsp3) is 1.00. The fourth-order valence-electron chi connectivity index (χ4n) is 4.69. The van der Waals surface area contributed by atoms with Crippen molar-refractivity contribution in [3.05, 3.63) is 0 Å². The molecule has 4 unspecified atom stereocenters. The van der Waals surface area contributed by atoms with Crippen molar-refractivity contribution in [3.8, 4) is 0 Å². The molecule has 2 rings (SSSR count). The van der Waals surface area contributed by atoms with Gasteiger partial charge in [-0.1, -0.05) is 33.1 Å². The lowest BCUT2D eigenvalue weighted by molar-refractivity contribution is 0.0205. The first kappa shape index (κ1) is 14.3. The van der Waals surface area contributed by atoms with Gasteiger partial charge >= 0.3 is 0 Å². The van der Waals surface area contributed by atoms with Crippen molar-refractivity contribution in [2.24, 2.45) is 23.5 Å². The summed E-state index contributed by atoms with van der Waals surface area (Å²) in [6.45, 7) is 5.79. The van der Waals surface area contributed by atoms with E-state index in [0.717, 1.165) is 36.4 Å². The van der Waals surface area contributed by atoms with Crippen molar-refractivity contribution in [3.63, 3.8) is 0 Å². The van der Waals surface area contributed by atoms with Gasteiger partial charge in [-0.3, -0.25) is 4.90 Å². The van der Waals surface area contributed by atoms with E-state index in [2.05, 4.69) is 25.8 Å². The van der Waals surface area contributed by atoms with Gasteiger partial charge in [-0.25, -0.2) is 0 Å². The molecule has 2 fully saturated rings. The van der Waals surface area contributed by atoms with Crippen LogP contribution in [0, 0.1) is 17.8 Å². The molecular formula is C16H32N2. The van der Waals surface area contributed by atoms with Crippen LogP contribution in [-0.2, 0) is 0 Å². The zero-order valence-corrected chi connectivity index (χ0v) is 12.6. The first-order valence-electron chi connectivity index (χ1n) is 8.07. The lowest BCUT2D eigenvalue weighted by Crippen LogP contribution is -2.53. The summed E-state index contributed by atoms with van der Waals surface area (Å²) in [6, 6.07) is 1.53. The minimum absolute atomic E-state index is 0.741. The van der Waals surface area contributed by atoms with Crippen LogP contribution in [0.2, 0.25) is 0 Å². The highest BCUT2D eigenvalue weighted by Crippen LogP contribution is 2.36. The zero-order chi connectivity index (χ0) is 13.1. The highest BCUT2D eigenvalue weighted by Gasteiger charge is 2.37. The second-order valence-corrected chi connectivity index (χ2v) is 6.89. The van der Waals surface area contributed by atoms with Crippen molar-refractivity contribution in [1.29, 1.82) is 0 Å². The Morgan fingerprint density at radius 3 is 2.17 bits per heavy atom. The van der Waals surface area contributed by atoms with E-state index >= 15 is 0 Å². The van der Waals surface area contributed by atoms with Gasteiger partial charge in [0.2, 0.25) is 0 Å². The van der Waals surface area contributed by atoms with Gasteiger partial charge in [0.25, 0.3) is 0 Å². The Morgan fingerprint density at radius 1 is 0.944 bits per heavy atom. The van der Waals surface area contributed by atoms with E-state index in [4.69, 9.17) is 5.73 Å². The van der Waals surface area contributed by atoms with Gasteiger partial charge in [-0.15, -0.1) is 0 Å². The van der Waals surface area contributed by atoms with Crippen LogP contribution in [0.5, 0.6) is 0 Å². The summed E-state index contributed by atoms with van der Waals surface area (Å²) in [6.07, 6.45) is 9.77. The van der Waals surface area contributed by atoms with E-state index in [1.54, 1.807) is 0 Å². The molecule has 4 atom stereocenters. The van der Waals surface area contributed by atoms with Crippen LogP contribution >= 0.6 is 0 Å². The smallest absolute Gasteiger partial charge is 0.0146 e. The molecule has 0 radical (unpaired) electrons. The third-order valence-electron chi connectivity index (χ3n) is 5.65. The second-order valence-electron chi connectivity index (χ2n) is 6.89. The fourth-order valence-corrected chi connectivity index (χ4v) is 4.69. The van der Waals surface area contributed by atoms with E-state index in [0.29, 0.717) is 0 Å². The molecule has 2 saturated carbocycles. The first-order valence-corrected chi connectivity index (χ1v) is 8.07. The molecule has 0 aromatic rings. The van der Waals surface area contributed by atoms with Crippen LogP contribution in [0.3, 0.4) is 0 Å². The molecule has 2 heteroatoms. The largest absolute Gasteiger partial charge is 0.330 e. The number of hydrogen-bond acceptors (Lipinski definition) is 2. The van der Waals surface area contributed by atoms with E-state index < -0.39 is 0 Å². The first-order chi connectivity index (χ1) is 8.65. The Morgan fingerprint density at radius 2 is 1.56 bits per heavy atom. The summed E-state index contributed by atoms with van der Waals surface area (Å²) >= 11 is 0. The Labute approximate surface area is 113 Å². The van der Waals surface area contributed by atoms with Crippen LogP contribution in [0.25, 0.3) is 0 Å².